The molecule has 1 fully saturated rings. The van der Waals surface area contributed by atoms with Gasteiger partial charge in [-0.05, 0) is 6.42 Å². The number of nitrogens with one attached hydrogen (secondary N) is 2. The van der Waals surface area contributed by atoms with Crippen LogP contribution in [0.5, 0.6) is 0 Å². The van der Waals surface area contributed by atoms with Crippen molar-refractivity contribution in [3.05, 3.63) is 0 Å². The van der Waals surface area contributed by atoms with Gasteiger partial charge in [0.25, 0.3) is 0 Å². The van der Waals surface area contributed by atoms with Gasteiger partial charge in [-0.2, -0.15) is 0 Å². The first-order chi connectivity index (χ1) is 6.22. The Labute approximate surface area is 85.6 Å². The molecule has 1 rings (SSSR count). The number of hydrogen-bond donors (Lipinski definition) is 2. The van der Waals surface area contributed by atoms with Crippen LogP contribution in [0, 0.1) is 0 Å². The second-order valence-corrected chi connectivity index (χ2v) is 3.84. The Morgan fingerprint density at radius 2 is 2.46 bits per heavy atom. The predicted octanol–water partition coefficient (Wildman–Crippen LogP) is 0.166. The fraction of sp³-hybridized carbons (Fsp3) is 0.750. The van der Waals surface area contributed by atoms with Crippen molar-refractivity contribution in [2.75, 3.05) is 11.9 Å². The van der Waals surface area contributed by atoms with Gasteiger partial charge in [0, 0.05) is 30.8 Å². The van der Waals surface area contributed by atoms with Crippen molar-refractivity contribution in [2.45, 2.75) is 25.3 Å². The van der Waals surface area contributed by atoms with Crippen LogP contribution in [0.4, 0.5) is 0 Å². The van der Waals surface area contributed by atoms with E-state index in [2.05, 4.69) is 26.6 Å². The number of halogens is 1. The van der Waals surface area contributed by atoms with Crippen LogP contribution in [-0.4, -0.2) is 29.7 Å². The van der Waals surface area contributed by atoms with E-state index in [9.17, 15) is 9.59 Å². The van der Waals surface area contributed by atoms with Crippen molar-refractivity contribution in [3.63, 3.8) is 0 Å². The SMILES string of the molecule is O=C1CCC(NC(=O)CCBr)CN1. The lowest BCUT2D eigenvalue weighted by Gasteiger charge is -2.23. The van der Waals surface area contributed by atoms with Crippen molar-refractivity contribution < 1.29 is 9.59 Å². The molecule has 0 saturated carbocycles. The first-order valence-corrected chi connectivity index (χ1v) is 5.46. The minimum atomic E-state index is 0.0398. The third kappa shape index (κ3) is 3.76. The standard InChI is InChI=1S/C8H13BrN2O2/c9-4-3-8(13)11-6-1-2-7(12)10-5-6/h6H,1-5H2,(H,10,12)(H,11,13). The van der Waals surface area contributed by atoms with Crippen LogP contribution < -0.4 is 10.6 Å². The van der Waals surface area contributed by atoms with Crippen LogP contribution in [0.2, 0.25) is 0 Å². The van der Waals surface area contributed by atoms with E-state index in [1.165, 1.54) is 0 Å². The molecule has 2 N–H and O–H groups in total. The number of rotatable bonds is 3. The molecule has 1 unspecified atom stereocenters. The molecule has 1 saturated heterocycles. The monoisotopic (exact) mass is 248 g/mol. The van der Waals surface area contributed by atoms with E-state index >= 15 is 0 Å². The summed E-state index contributed by atoms with van der Waals surface area (Å²) in [5.74, 6) is 0.115. The van der Waals surface area contributed by atoms with Crippen molar-refractivity contribution in [1.29, 1.82) is 0 Å². The predicted molar refractivity (Wildman–Crippen MR) is 52.6 cm³/mol. The first kappa shape index (κ1) is 10.5. The normalized spacial score (nSPS) is 22.2. The van der Waals surface area contributed by atoms with Crippen LogP contribution in [-0.2, 0) is 9.59 Å². The number of hydrogen-bond acceptors (Lipinski definition) is 2. The molecule has 0 aromatic carbocycles. The van der Waals surface area contributed by atoms with Gasteiger partial charge in [-0.25, -0.2) is 0 Å². The molecule has 1 heterocycles. The highest BCUT2D eigenvalue weighted by Crippen LogP contribution is 2.02. The molecule has 4 nitrogen and oxygen atoms in total. The molecule has 0 radical (unpaired) electrons. The molecule has 1 atom stereocenters. The zero-order valence-corrected chi connectivity index (χ0v) is 8.89. The molecule has 13 heavy (non-hydrogen) atoms. The Balaban J connectivity index is 2.22. The minimum absolute atomic E-state index is 0.0398. The molecule has 0 aromatic rings. The van der Waals surface area contributed by atoms with Gasteiger partial charge in [0.05, 0.1) is 0 Å². The van der Waals surface area contributed by atoms with Gasteiger partial charge in [-0.3, -0.25) is 9.59 Å². The maximum atomic E-state index is 11.1. The summed E-state index contributed by atoms with van der Waals surface area (Å²) in [5, 5.41) is 6.25. The maximum absolute atomic E-state index is 11.1. The number of alkyl halides is 1. The Morgan fingerprint density at radius 3 is 3.00 bits per heavy atom. The molecule has 74 valence electrons. The average Bonchev–Trinajstić information content (AvgIpc) is 2.09. The summed E-state index contributed by atoms with van der Waals surface area (Å²) in [6.07, 6.45) is 1.75. The van der Waals surface area contributed by atoms with E-state index in [-0.39, 0.29) is 17.9 Å². The van der Waals surface area contributed by atoms with Crippen LogP contribution >= 0.6 is 15.9 Å². The highest BCUT2D eigenvalue weighted by Gasteiger charge is 2.18. The fourth-order valence-corrected chi connectivity index (χ4v) is 1.60. The van der Waals surface area contributed by atoms with Crippen LogP contribution in [0.15, 0.2) is 0 Å². The summed E-state index contributed by atoms with van der Waals surface area (Å²) < 4.78 is 0. The zero-order valence-electron chi connectivity index (χ0n) is 7.31. The molecular weight excluding hydrogens is 236 g/mol. The third-order valence-corrected chi connectivity index (χ3v) is 2.35. The molecule has 0 spiro atoms. The molecule has 1 aliphatic rings. The van der Waals surface area contributed by atoms with E-state index in [0.29, 0.717) is 24.7 Å². The topological polar surface area (TPSA) is 58.2 Å². The molecule has 1 aliphatic heterocycles. The lowest BCUT2D eigenvalue weighted by Crippen LogP contribution is -2.47. The summed E-state index contributed by atoms with van der Waals surface area (Å²) in [6.45, 7) is 0.562. The van der Waals surface area contributed by atoms with E-state index in [1.54, 1.807) is 0 Å². The van der Waals surface area contributed by atoms with E-state index in [4.69, 9.17) is 0 Å². The molecular formula is C8H13BrN2O2. The van der Waals surface area contributed by atoms with Gasteiger partial charge >= 0.3 is 0 Å². The van der Waals surface area contributed by atoms with Crippen molar-refractivity contribution in [3.8, 4) is 0 Å². The summed E-state index contributed by atoms with van der Waals surface area (Å²) in [6, 6.07) is 0.115. The lowest BCUT2D eigenvalue weighted by molar-refractivity contribution is -0.125. The van der Waals surface area contributed by atoms with E-state index < -0.39 is 0 Å². The van der Waals surface area contributed by atoms with Gasteiger partial charge in [-0.15, -0.1) is 0 Å². The van der Waals surface area contributed by atoms with Gasteiger partial charge in [0.1, 0.15) is 0 Å². The van der Waals surface area contributed by atoms with E-state index in [1.807, 2.05) is 0 Å². The summed E-state index contributed by atoms with van der Waals surface area (Å²) in [4.78, 5) is 21.9. The molecule has 2 amide bonds. The largest absolute Gasteiger partial charge is 0.354 e. The van der Waals surface area contributed by atoms with Gasteiger partial charge in [0.2, 0.25) is 11.8 Å². The van der Waals surface area contributed by atoms with Crippen molar-refractivity contribution >= 4 is 27.7 Å². The number of carbonyl (C=O) groups is 2. The summed E-state index contributed by atoms with van der Waals surface area (Å²) in [7, 11) is 0. The fourth-order valence-electron chi connectivity index (χ4n) is 1.24. The third-order valence-electron chi connectivity index (χ3n) is 1.95. The van der Waals surface area contributed by atoms with Crippen LogP contribution in [0.1, 0.15) is 19.3 Å². The molecule has 0 aromatic heterocycles. The zero-order chi connectivity index (χ0) is 9.68. The molecule has 0 aliphatic carbocycles. The number of piperidine rings is 1. The van der Waals surface area contributed by atoms with E-state index in [0.717, 1.165) is 6.42 Å². The Bertz CT molecular complexity index is 198. The van der Waals surface area contributed by atoms with Crippen LogP contribution in [0.25, 0.3) is 0 Å². The quantitative estimate of drug-likeness (QED) is 0.700. The summed E-state index contributed by atoms with van der Waals surface area (Å²) >= 11 is 3.19. The number of carbonyl (C=O) groups excluding carboxylic acids is 2. The van der Waals surface area contributed by atoms with Crippen molar-refractivity contribution in [2.24, 2.45) is 0 Å². The van der Waals surface area contributed by atoms with Gasteiger partial charge < -0.3 is 10.6 Å². The Morgan fingerprint density at radius 1 is 1.69 bits per heavy atom. The Kier molecular flexibility index (Phi) is 4.21. The highest BCUT2D eigenvalue weighted by atomic mass is 79.9. The smallest absolute Gasteiger partial charge is 0.221 e. The van der Waals surface area contributed by atoms with Gasteiger partial charge in [-0.1, -0.05) is 15.9 Å². The summed E-state index contributed by atoms with van der Waals surface area (Å²) in [5.41, 5.74) is 0. The second-order valence-electron chi connectivity index (χ2n) is 3.05. The highest BCUT2D eigenvalue weighted by molar-refractivity contribution is 9.09. The number of amides is 2. The molecule has 0 bridgehead atoms. The lowest BCUT2D eigenvalue weighted by atomic mass is 10.1. The Hall–Kier alpha value is -0.580. The molecule has 5 heteroatoms. The minimum Gasteiger partial charge on any atom is -0.354 e. The second kappa shape index (κ2) is 5.21. The van der Waals surface area contributed by atoms with Gasteiger partial charge in [0.15, 0.2) is 0 Å². The van der Waals surface area contributed by atoms with Crippen LogP contribution in [0.3, 0.4) is 0 Å². The van der Waals surface area contributed by atoms with Crippen molar-refractivity contribution in [1.82, 2.24) is 10.6 Å². The first-order valence-electron chi connectivity index (χ1n) is 4.34. The maximum Gasteiger partial charge on any atom is 0.221 e. The average molecular weight is 249 g/mol.